The predicted molar refractivity (Wildman–Crippen MR) is 93.3 cm³/mol. The molecule has 1 aliphatic rings. The smallest absolute Gasteiger partial charge is 0.274 e. The van der Waals surface area contributed by atoms with Crippen LogP contribution in [0.5, 0.6) is 0 Å². The standard InChI is InChI=1S/C17H25N5O4/c1-14(23)20-7-9-21(10-8-20)16(24)3-6-22(11-12-26-2)17(25)15-13-18-4-5-19-15/h4-5,13H,3,6-12H2,1-2H3. The molecule has 0 radical (unpaired) electrons. The van der Waals surface area contributed by atoms with Gasteiger partial charge in [0.1, 0.15) is 5.69 Å². The maximum atomic E-state index is 12.6. The van der Waals surface area contributed by atoms with Crippen molar-refractivity contribution in [2.24, 2.45) is 0 Å². The highest BCUT2D eigenvalue weighted by atomic mass is 16.5. The lowest BCUT2D eigenvalue weighted by atomic mass is 10.2. The first-order valence-electron chi connectivity index (χ1n) is 8.60. The molecule has 9 heteroatoms. The first kappa shape index (κ1) is 19.8. The predicted octanol–water partition coefficient (Wildman–Crippen LogP) is -0.354. The highest BCUT2D eigenvalue weighted by Crippen LogP contribution is 2.07. The molecule has 1 aliphatic heterocycles. The molecule has 0 aliphatic carbocycles. The monoisotopic (exact) mass is 363 g/mol. The Morgan fingerprint density at radius 1 is 1.12 bits per heavy atom. The fourth-order valence-corrected chi connectivity index (χ4v) is 2.75. The number of amides is 3. The summed E-state index contributed by atoms with van der Waals surface area (Å²) in [4.78, 5) is 49.3. The molecule has 0 spiro atoms. The van der Waals surface area contributed by atoms with E-state index < -0.39 is 0 Å². The number of hydrogen-bond acceptors (Lipinski definition) is 6. The number of methoxy groups -OCH3 is 1. The zero-order valence-electron chi connectivity index (χ0n) is 15.3. The zero-order valence-corrected chi connectivity index (χ0v) is 15.3. The van der Waals surface area contributed by atoms with Crippen molar-refractivity contribution < 1.29 is 19.1 Å². The molecule has 1 fully saturated rings. The Morgan fingerprint density at radius 2 is 1.81 bits per heavy atom. The minimum atomic E-state index is -0.274. The van der Waals surface area contributed by atoms with E-state index in [4.69, 9.17) is 4.74 Å². The molecule has 0 aromatic carbocycles. The maximum absolute atomic E-state index is 12.6. The lowest BCUT2D eigenvalue weighted by Crippen LogP contribution is -2.50. The van der Waals surface area contributed by atoms with Crippen LogP contribution >= 0.6 is 0 Å². The normalized spacial score (nSPS) is 14.2. The second-order valence-electron chi connectivity index (χ2n) is 6.01. The fourth-order valence-electron chi connectivity index (χ4n) is 2.75. The van der Waals surface area contributed by atoms with Gasteiger partial charge in [0, 0.05) is 72.1 Å². The third kappa shape index (κ3) is 5.48. The van der Waals surface area contributed by atoms with Gasteiger partial charge in [-0.1, -0.05) is 0 Å². The summed E-state index contributed by atoms with van der Waals surface area (Å²) < 4.78 is 5.05. The summed E-state index contributed by atoms with van der Waals surface area (Å²) >= 11 is 0. The van der Waals surface area contributed by atoms with E-state index in [1.54, 1.807) is 21.8 Å². The van der Waals surface area contributed by atoms with Crippen molar-refractivity contribution in [2.45, 2.75) is 13.3 Å². The van der Waals surface area contributed by atoms with Crippen LogP contribution in [0.15, 0.2) is 18.6 Å². The Kier molecular flexibility index (Phi) is 7.46. The quantitative estimate of drug-likeness (QED) is 0.657. The van der Waals surface area contributed by atoms with Crippen LogP contribution in [0.2, 0.25) is 0 Å². The van der Waals surface area contributed by atoms with Crippen molar-refractivity contribution in [3.8, 4) is 0 Å². The molecule has 1 aromatic heterocycles. The van der Waals surface area contributed by atoms with Gasteiger partial charge in [-0.15, -0.1) is 0 Å². The molecule has 2 rings (SSSR count). The van der Waals surface area contributed by atoms with Gasteiger partial charge in [0.05, 0.1) is 12.8 Å². The summed E-state index contributed by atoms with van der Waals surface area (Å²) in [7, 11) is 1.56. The van der Waals surface area contributed by atoms with Gasteiger partial charge >= 0.3 is 0 Å². The topological polar surface area (TPSA) is 95.9 Å². The van der Waals surface area contributed by atoms with Crippen molar-refractivity contribution in [2.75, 3.05) is 53.0 Å². The fraction of sp³-hybridized carbons (Fsp3) is 0.588. The molecule has 26 heavy (non-hydrogen) atoms. The second-order valence-corrected chi connectivity index (χ2v) is 6.01. The molecule has 0 bridgehead atoms. The van der Waals surface area contributed by atoms with E-state index in [1.807, 2.05) is 0 Å². The molecule has 0 atom stereocenters. The van der Waals surface area contributed by atoms with E-state index in [2.05, 4.69) is 9.97 Å². The Balaban J connectivity index is 1.89. The van der Waals surface area contributed by atoms with E-state index in [-0.39, 0.29) is 36.4 Å². The third-order valence-corrected chi connectivity index (χ3v) is 4.31. The van der Waals surface area contributed by atoms with Crippen LogP contribution in [0.25, 0.3) is 0 Å². The van der Waals surface area contributed by atoms with Crippen LogP contribution in [0, 0.1) is 0 Å². The van der Waals surface area contributed by atoms with E-state index >= 15 is 0 Å². The van der Waals surface area contributed by atoms with Crippen molar-refractivity contribution >= 4 is 17.7 Å². The summed E-state index contributed by atoms with van der Waals surface area (Å²) in [5.74, 6) is -0.274. The molecule has 1 saturated heterocycles. The SMILES string of the molecule is COCCN(CCC(=O)N1CCN(C(C)=O)CC1)C(=O)c1cnccn1. The number of nitrogens with zero attached hydrogens (tertiary/aromatic N) is 5. The average Bonchev–Trinajstić information content (AvgIpc) is 2.68. The molecular formula is C17H25N5O4. The second kappa shape index (κ2) is 9.81. The molecule has 0 unspecified atom stereocenters. The van der Waals surface area contributed by atoms with Crippen molar-refractivity contribution in [1.82, 2.24) is 24.7 Å². The number of ether oxygens (including phenoxy) is 1. The lowest BCUT2D eigenvalue weighted by Gasteiger charge is -2.34. The van der Waals surface area contributed by atoms with Gasteiger partial charge in [-0.3, -0.25) is 19.4 Å². The molecule has 1 aromatic rings. The van der Waals surface area contributed by atoms with E-state index in [1.165, 1.54) is 25.5 Å². The number of carbonyl (C=O) groups is 3. The Labute approximate surface area is 152 Å². The third-order valence-electron chi connectivity index (χ3n) is 4.31. The lowest BCUT2D eigenvalue weighted by molar-refractivity contribution is -0.138. The van der Waals surface area contributed by atoms with Crippen LogP contribution in [-0.4, -0.2) is 95.4 Å². The van der Waals surface area contributed by atoms with E-state index in [0.29, 0.717) is 39.3 Å². The summed E-state index contributed by atoms with van der Waals surface area (Å²) in [5, 5.41) is 0. The summed E-state index contributed by atoms with van der Waals surface area (Å²) in [5.41, 5.74) is 0.242. The summed E-state index contributed by atoms with van der Waals surface area (Å²) in [6.45, 7) is 4.70. The van der Waals surface area contributed by atoms with Crippen LogP contribution in [0.4, 0.5) is 0 Å². The largest absolute Gasteiger partial charge is 0.383 e. The first-order chi connectivity index (χ1) is 12.5. The molecule has 0 N–H and O–H groups in total. The minimum Gasteiger partial charge on any atom is -0.383 e. The summed E-state index contributed by atoms with van der Waals surface area (Å²) in [6.07, 6.45) is 4.59. The van der Waals surface area contributed by atoms with E-state index in [0.717, 1.165) is 0 Å². The van der Waals surface area contributed by atoms with Gasteiger partial charge in [0.2, 0.25) is 11.8 Å². The summed E-state index contributed by atoms with van der Waals surface area (Å²) in [6, 6.07) is 0. The minimum absolute atomic E-state index is 0.0254. The molecule has 3 amide bonds. The first-order valence-corrected chi connectivity index (χ1v) is 8.60. The van der Waals surface area contributed by atoms with E-state index in [9.17, 15) is 14.4 Å². The van der Waals surface area contributed by atoms with Gasteiger partial charge in [-0.05, 0) is 0 Å². The zero-order chi connectivity index (χ0) is 18.9. The van der Waals surface area contributed by atoms with Gasteiger partial charge in [0.15, 0.2) is 0 Å². The van der Waals surface area contributed by atoms with Gasteiger partial charge in [0.25, 0.3) is 5.91 Å². The molecule has 2 heterocycles. The van der Waals surface area contributed by atoms with Gasteiger partial charge < -0.3 is 19.4 Å². The maximum Gasteiger partial charge on any atom is 0.274 e. The van der Waals surface area contributed by atoms with Crippen LogP contribution in [0.3, 0.4) is 0 Å². The van der Waals surface area contributed by atoms with Crippen LogP contribution in [0.1, 0.15) is 23.8 Å². The number of rotatable bonds is 7. The highest BCUT2D eigenvalue weighted by Gasteiger charge is 2.24. The van der Waals surface area contributed by atoms with Gasteiger partial charge in [-0.2, -0.15) is 0 Å². The Bertz CT molecular complexity index is 617. The molecular weight excluding hydrogens is 338 g/mol. The number of hydrogen-bond donors (Lipinski definition) is 0. The Morgan fingerprint density at radius 3 is 2.38 bits per heavy atom. The number of piperazine rings is 1. The van der Waals surface area contributed by atoms with Crippen LogP contribution in [-0.2, 0) is 14.3 Å². The molecule has 9 nitrogen and oxygen atoms in total. The average molecular weight is 363 g/mol. The molecule has 0 saturated carbocycles. The highest BCUT2D eigenvalue weighted by molar-refractivity contribution is 5.92. The van der Waals surface area contributed by atoms with Crippen molar-refractivity contribution in [3.05, 3.63) is 24.3 Å². The van der Waals surface area contributed by atoms with Crippen molar-refractivity contribution in [1.29, 1.82) is 0 Å². The van der Waals surface area contributed by atoms with Crippen molar-refractivity contribution in [3.63, 3.8) is 0 Å². The van der Waals surface area contributed by atoms with Gasteiger partial charge in [-0.25, -0.2) is 4.98 Å². The number of carbonyl (C=O) groups excluding carboxylic acids is 3. The Hall–Kier alpha value is -2.55. The molecule has 142 valence electrons. The number of aromatic nitrogens is 2. The van der Waals surface area contributed by atoms with Crippen LogP contribution < -0.4 is 0 Å².